The van der Waals surface area contributed by atoms with Gasteiger partial charge in [-0.3, -0.25) is 19.2 Å². The SMILES string of the molecule is C/C=C1\NC(=O)[C@H]2CSS(=O)SCC/C=C/[C@H](CC(=O)N[C@H](C(C)C)C(=O)N2)OC(=O)[C@H](C(C)C)NC1=O. The molecule has 4 N–H and O–H groups in total. The van der Waals surface area contributed by atoms with Crippen molar-refractivity contribution < 1.29 is 32.9 Å². The molecule has 2 aliphatic rings. The lowest BCUT2D eigenvalue weighted by molar-refractivity contribution is -0.153. The van der Waals surface area contributed by atoms with Crippen LogP contribution in [0.15, 0.2) is 23.9 Å². The second-order valence-electron chi connectivity index (χ2n) is 9.44. The number of nitrogens with one attached hydrogen (secondary N) is 4. The van der Waals surface area contributed by atoms with Crippen molar-refractivity contribution in [3.63, 3.8) is 0 Å². The van der Waals surface area contributed by atoms with Gasteiger partial charge in [-0.25, -0.2) is 9.00 Å². The van der Waals surface area contributed by atoms with Crippen molar-refractivity contribution in [2.24, 2.45) is 11.8 Å². The van der Waals surface area contributed by atoms with Crippen LogP contribution >= 0.6 is 21.6 Å². The predicted molar refractivity (Wildman–Crippen MR) is 149 cm³/mol. The molecule has 2 bridgehead atoms. The van der Waals surface area contributed by atoms with E-state index in [0.717, 1.165) is 21.6 Å². The Hall–Kier alpha value is -2.32. The normalized spacial score (nSPS) is 31.0. The molecule has 0 saturated carbocycles. The zero-order valence-corrected chi connectivity index (χ0v) is 24.6. The Morgan fingerprint density at radius 3 is 2.29 bits per heavy atom. The van der Waals surface area contributed by atoms with Gasteiger partial charge in [0.1, 0.15) is 38.8 Å². The largest absolute Gasteiger partial charge is 0.456 e. The van der Waals surface area contributed by atoms with Gasteiger partial charge in [0.2, 0.25) is 17.7 Å². The van der Waals surface area contributed by atoms with Crippen molar-refractivity contribution in [3.8, 4) is 0 Å². The average Bonchev–Trinajstić information content (AvgIpc) is 2.84. The summed E-state index contributed by atoms with van der Waals surface area (Å²) >= 11 is 0. The zero-order chi connectivity index (χ0) is 28.4. The first kappa shape index (κ1) is 31.9. The third kappa shape index (κ3) is 9.77. The summed E-state index contributed by atoms with van der Waals surface area (Å²) in [5, 5.41) is 10.4. The summed E-state index contributed by atoms with van der Waals surface area (Å²) in [5.74, 6) is -3.54. The Bertz CT molecular complexity index is 999. The third-order valence-corrected chi connectivity index (χ3v) is 10.7. The molecule has 0 spiro atoms. The van der Waals surface area contributed by atoms with Gasteiger partial charge in [0.25, 0.3) is 5.91 Å². The van der Waals surface area contributed by atoms with Crippen LogP contribution in [0.4, 0.5) is 0 Å². The molecule has 212 valence electrons. The molecule has 0 aliphatic carbocycles. The van der Waals surface area contributed by atoms with Gasteiger partial charge in [-0.15, -0.1) is 0 Å². The van der Waals surface area contributed by atoms with Crippen LogP contribution in [-0.2, 0) is 37.6 Å². The highest BCUT2D eigenvalue weighted by molar-refractivity contribution is 9.02. The number of amides is 4. The number of fused-ring (bicyclic) bond motifs is 7. The molecule has 1 unspecified atom stereocenters. The minimum atomic E-state index is -1.41. The van der Waals surface area contributed by atoms with Crippen molar-refractivity contribution in [2.45, 2.75) is 71.7 Å². The molecule has 0 aromatic carbocycles. The molecular weight excluding hydrogens is 552 g/mol. The Balaban J connectivity index is 2.60. The van der Waals surface area contributed by atoms with E-state index in [4.69, 9.17) is 4.74 Å². The quantitative estimate of drug-likeness (QED) is 0.160. The van der Waals surface area contributed by atoms with Gasteiger partial charge >= 0.3 is 5.97 Å². The number of carbonyl (C=O) groups is 5. The monoisotopic (exact) mass is 588 g/mol. The van der Waals surface area contributed by atoms with Crippen molar-refractivity contribution in [1.82, 2.24) is 21.3 Å². The third-order valence-electron chi connectivity index (χ3n) is 5.70. The van der Waals surface area contributed by atoms with E-state index >= 15 is 0 Å². The van der Waals surface area contributed by atoms with Crippen LogP contribution in [-0.4, -0.2) is 69.5 Å². The summed E-state index contributed by atoms with van der Waals surface area (Å²) in [6.45, 7) is 8.49. The second-order valence-corrected chi connectivity index (χ2v) is 14.9. The summed E-state index contributed by atoms with van der Waals surface area (Å²) in [6, 6.07) is -3.19. The number of ether oxygens (including phenoxy) is 1. The summed E-state index contributed by atoms with van der Waals surface area (Å²) in [7, 11) is 0.742. The Kier molecular flexibility index (Phi) is 12.9. The molecule has 14 heteroatoms. The summed E-state index contributed by atoms with van der Waals surface area (Å²) in [5.41, 5.74) is -0.119. The number of hydrogen-bond donors (Lipinski definition) is 4. The van der Waals surface area contributed by atoms with E-state index in [0.29, 0.717) is 12.2 Å². The molecular formula is C24H36N4O7S3. The molecule has 4 amide bonds. The highest BCUT2D eigenvalue weighted by Gasteiger charge is 2.33. The van der Waals surface area contributed by atoms with Gasteiger partial charge < -0.3 is 26.0 Å². The lowest BCUT2D eigenvalue weighted by atomic mass is 10.0. The van der Waals surface area contributed by atoms with E-state index in [1.54, 1.807) is 46.8 Å². The Morgan fingerprint density at radius 2 is 1.66 bits per heavy atom. The lowest BCUT2D eigenvalue weighted by Crippen LogP contribution is -2.57. The number of allylic oxidation sites excluding steroid dienone is 2. The molecule has 2 rings (SSSR count). The van der Waals surface area contributed by atoms with Crippen LogP contribution < -0.4 is 21.3 Å². The minimum absolute atomic E-state index is 0.0343. The maximum atomic E-state index is 13.2. The maximum Gasteiger partial charge on any atom is 0.329 e. The van der Waals surface area contributed by atoms with Gasteiger partial charge in [-0.2, -0.15) is 0 Å². The van der Waals surface area contributed by atoms with E-state index in [1.165, 1.54) is 6.08 Å². The molecule has 0 aromatic rings. The van der Waals surface area contributed by atoms with Gasteiger partial charge in [-0.1, -0.05) is 39.8 Å². The first-order valence-electron chi connectivity index (χ1n) is 12.4. The van der Waals surface area contributed by atoms with Crippen LogP contribution in [0.25, 0.3) is 0 Å². The summed E-state index contributed by atoms with van der Waals surface area (Å²) in [4.78, 5) is 65.5. The fourth-order valence-electron chi connectivity index (χ4n) is 3.55. The first-order valence-corrected chi connectivity index (χ1v) is 16.5. The van der Waals surface area contributed by atoms with Crippen LogP contribution in [0, 0.1) is 11.8 Å². The maximum absolute atomic E-state index is 13.2. The number of rotatable bonds is 2. The first-order chi connectivity index (χ1) is 17.9. The van der Waals surface area contributed by atoms with Crippen LogP contribution in [0.2, 0.25) is 0 Å². The Labute approximate surface area is 232 Å². The molecule has 38 heavy (non-hydrogen) atoms. The van der Waals surface area contributed by atoms with E-state index in [9.17, 15) is 28.2 Å². The fraction of sp³-hybridized carbons (Fsp3) is 0.625. The van der Waals surface area contributed by atoms with Crippen LogP contribution in [0.3, 0.4) is 0 Å². The highest BCUT2D eigenvalue weighted by Crippen LogP contribution is 2.23. The van der Waals surface area contributed by atoms with Crippen molar-refractivity contribution >= 4 is 60.0 Å². The molecule has 5 atom stereocenters. The summed E-state index contributed by atoms with van der Waals surface area (Å²) < 4.78 is 18.1. The topological polar surface area (TPSA) is 160 Å². The van der Waals surface area contributed by atoms with Crippen LogP contribution in [0.5, 0.6) is 0 Å². The minimum Gasteiger partial charge on any atom is -0.456 e. The fourth-order valence-corrected chi connectivity index (χ4v) is 7.84. The lowest BCUT2D eigenvalue weighted by Gasteiger charge is -2.28. The predicted octanol–water partition coefficient (Wildman–Crippen LogP) is 1.09. The van der Waals surface area contributed by atoms with E-state index < -0.39 is 62.7 Å². The highest BCUT2D eigenvalue weighted by atomic mass is 33.5. The van der Waals surface area contributed by atoms with Gasteiger partial charge in [-0.05, 0) is 52.8 Å². The summed E-state index contributed by atoms with van der Waals surface area (Å²) in [6.07, 6.45) is 3.98. The van der Waals surface area contributed by atoms with Crippen molar-refractivity contribution in [1.29, 1.82) is 0 Å². The standard InChI is InChI=1S/C24H36N4O7S3/c1-6-16-21(30)28-20(14(4)5)24(33)35-15-9-7-8-10-36-38(34)37-12-17(22(31)25-16)26-23(32)19(13(2)3)27-18(29)11-15/h6-7,9,13-15,17,19-20H,8,10-12H2,1-5H3,(H,25,31)(H,26,32)(H,27,29)(H,28,30)/b9-7+,16-6-/t15-,17-,19-,20+,38?/m1/s1. The van der Waals surface area contributed by atoms with Gasteiger partial charge in [0, 0.05) is 11.5 Å². The average molecular weight is 589 g/mol. The molecule has 1 fully saturated rings. The molecule has 11 nitrogen and oxygen atoms in total. The Morgan fingerprint density at radius 1 is 0.974 bits per heavy atom. The van der Waals surface area contributed by atoms with E-state index in [1.807, 2.05) is 0 Å². The number of esters is 1. The number of carbonyl (C=O) groups excluding carboxylic acids is 5. The van der Waals surface area contributed by atoms with Gasteiger partial charge in [0.15, 0.2) is 0 Å². The molecule has 2 aliphatic heterocycles. The van der Waals surface area contributed by atoms with E-state index in [2.05, 4.69) is 21.3 Å². The molecule has 0 aromatic heterocycles. The second kappa shape index (κ2) is 15.3. The number of hydrogen-bond acceptors (Lipinski definition) is 9. The van der Waals surface area contributed by atoms with Crippen LogP contribution in [0.1, 0.15) is 47.5 Å². The van der Waals surface area contributed by atoms with E-state index in [-0.39, 0.29) is 29.7 Å². The van der Waals surface area contributed by atoms with Gasteiger partial charge in [0.05, 0.1) is 6.42 Å². The smallest absolute Gasteiger partial charge is 0.329 e. The molecule has 0 radical (unpaired) electrons. The van der Waals surface area contributed by atoms with Crippen molar-refractivity contribution in [3.05, 3.63) is 23.9 Å². The molecule has 2 heterocycles. The van der Waals surface area contributed by atoms with Crippen molar-refractivity contribution in [2.75, 3.05) is 11.5 Å². The zero-order valence-electron chi connectivity index (χ0n) is 22.1. The molecule has 1 saturated heterocycles.